The van der Waals surface area contributed by atoms with Gasteiger partial charge in [-0.3, -0.25) is 14.9 Å². The summed E-state index contributed by atoms with van der Waals surface area (Å²) in [6.07, 6.45) is 3.04. The Morgan fingerprint density at radius 1 is 1.32 bits per heavy atom. The van der Waals surface area contributed by atoms with Gasteiger partial charge in [0.2, 0.25) is 0 Å². The number of aryl methyl sites for hydroxylation is 1. The summed E-state index contributed by atoms with van der Waals surface area (Å²) in [7, 11) is 0. The molecule has 1 aliphatic carbocycles. The number of thiazole rings is 1. The number of amides is 1. The number of nitrogens with zero attached hydrogens (tertiary/aromatic N) is 3. The molecule has 0 spiro atoms. The van der Waals surface area contributed by atoms with Gasteiger partial charge in [-0.1, -0.05) is 18.2 Å². The van der Waals surface area contributed by atoms with Crippen molar-refractivity contribution in [2.75, 3.05) is 11.9 Å². The van der Waals surface area contributed by atoms with Crippen LogP contribution in [0.3, 0.4) is 0 Å². The van der Waals surface area contributed by atoms with Crippen LogP contribution >= 0.6 is 11.3 Å². The Labute approximate surface area is 166 Å². The first-order valence-corrected chi connectivity index (χ1v) is 9.97. The number of aromatic nitrogens is 3. The maximum atomic E-state index is 12.7. The summed E-state index contributed by atoms with van der Waals surface area (Å²) in [5.41, 5.74) is 2.86. The average Bonchev–Trinajstić information content (AvgIpc) is 3.36. The lowest BCUT2D eigenvalue weighted by molar-refractivity contribution is -0.145. The number of hydrogen-bond donors (Lipinski definition) is 1. The van der Waals surface area contributed by atoms with Gasteiger partial charge in [-0.2, -0.15) is 5.10 Å². The molecule has 144 valence electrons. The molecule has 3 aromatic rings. The van der Waals surface area contributed by atoms with Gasteiger partial charge in [0.15, 0.2) is 5.13 Å². The largest absolute Gasteiger partial charge is 0.465 e. The molecular formula is C20H20N4O3S. The maximum Gasteiger partial charge on any atom is 0.315 e. The Balaban J connectivity index is 1.52. The SMILES string of the molecule is CCOC(=O)C1CCc2sc(NC(=O)c3cnn(-c4ccccc4)c3C)nc21. The predicted molar refractivity (Wildman–Crippen MR) is 106 cm³/mol. The normalized spacial score (nSPS) is 15.3. The van der Waals surface area contributed by atoms with Gasteiger partial charge < -0.3 is 4.74 Å². The highest BCUT2D eigenvalue weighted by Crippen LogP contribution is 2.39. The van der Waals surface area contributed by atoms with Crippen LogP contribution in [0.4, 0.5) is 5.13 Å². The van der Waals surface area contributed by atoms with E-state index in [9.17, 15) is 9.59 Å². The molecule has 0 saturated carbocycles. The van der Waals surface area contributed by atoms with Crippen LogP contribution in [-0.4, -0.2) is 33.2 Å². The van der Waals surface area contributed by atoms with Gasteiger partial charge in [-0.15, -0.1) is 11.3 Å². The second kappa shape index (κ2) is 7.55. The smallest absolute Gasteiger partial charge is 0.315 e. The van der Waals surface area contributed by atoms with E-state index < -0.39 is 0 Å². The summed E-state index contributed by atoms with van der Waals surface area (Å²) in [6, 6.07) is 9.65. The van der Waals surface area contributed by atoms with Crippen molar-refractivity contribution in [3.8, 4) is 5.69 Å². The van der Waals surface area contributed by atoms with Crippen molar-refractivity contribution in [3.05, 3.63) is 58.4 Å². The van der Waals surface area contributed by atoms with E-state index in [0.717, 1.165) is 28.4 Å². The monoisotopic (exact) mass is 396 g/mol. The zero-order valence-electron chi connectivity index (χ0n) is 15.6. The molecule has 4 rings (SSSR count). The molecule has 2 aromatic heterocycles. The molecule has 2 heterocycles. The fourth-order valence-electron chi connectivity index (χ4n) is 3.38. The fourth-order valence-corrected chi connectivity index (χ4v) is 4.41. The molecule has 7 nitrogen and oxygen atoms in total. The summed E-state index contributed by atoms with van der Waals surface area (Å²) in [5, 5.41) is 7.68. The van der Waals surface area contributed by atoms with Crippen molar-refractivity contribution >= 4 is 28.3 Å². The number of anilines is 1. The molecule has 1 amide bonds. The number of carbonyl (C=O) groups excluding carboxylic acids is 2. The Hall–Kier alpha value is -3.00. The highest BCUT2D eigenvalue weighted by atomic mass is 32.1. The van der Waals surface area contributed by atoms with Crippen LogP contribution < -0.4 is 5.32 Å². The lowest BCUT2D eigenvalue weighted by Crippen LogP contribution is -2.15. The van der Waals surface area contributed by atoms with Crippen molar-refractivity contribution in [3.63, 3.8) is 0 Å². The fraction of sp³-hybridized carbons (Fsp3) is 0.300. The van der Waals surface area contributed by atoms with E-state index in [1.807, 2.05) is 37.3 Å². The molecule has 1 aliphatic rings. The predicted octanol–water partition coefficient (Wildman–Crippen LogP) is 3.48. The summed E-state index contributed by atoms with van der Waals surface area (Å²) in [4.78, 5) is 30.3. The topological polar surface area (TPSA) is 86.1 Å². The quantitative estimate of drug-likeness (QED) is 0.667. The molecule has 1 N–H and O–H groups in total. The Morgan fingerprint density at radius 2 is 2.11 bits per heavy atom. The molecule has 1 aromatic carbocycles. The minimum atomic E-state index is -0.334. The molecule has 0 radical (unpaired) electrons. The molecular weight excluding hydrogens is 376 g/mol. The van der Waals surface area contributed by atoms with Gasteiger partial charge in [0, 0.05) is 4.88 Å². The summed E-state index contributed by atoms with van der Waals surface area (Å²) >= 11 is 1.42. The van der Waals surface area contributed by atoms with Crippen molar-refractivity contribution in [2.24, 2.45) is 0 Å². The minimum Gasteiger partial charge on any atom is -0.465 e. The zero-order chi connectivity index (χ0) is 19.7. The van der Waals surface area contributed by atoms with Gasteiger partial charge in [0.25, 0.3) is 5.91 Å². The molecule has 1 atom stereocenters. The number of ether oxygens (including phenoxy) is 1. The van der Waals surface area contributed by atoms with E-state index in [1.54, 1.807) is 17.8 Å². The lowest BCUT2D eigenvalue weighted by atomic mass is 10.1. The molecule has 8 heteroatoms. The molecule has 0 saturated heterocycles. The summed E-state index contributed by atoms with van der Waals surface area (Å²) < 4.78 is 6.86. The second-order valence-corrected chi connectivity index (χ2v) is 7.60. The number of rotatable bonds is 5. The third-order valence-corrected chi connectivity index (χ3v) is 5.81. The average molecular weight is 396 g/mol. The van der Waals surface area contributed by atoms with E-state index in [2.05, 4.69) is 15.4 Å². The maximum absolute atomic E-state index is 12.7. The van der Waals surface area contributed by atoms with Crippen LogP contribution in [-0.2, 0) is 16.0 Å². The highest BCUT2D eigenvalue weighted by Gasteiger charge is 2.34. The molecule has 28 heavy (non-hydrogen) atoms. The van der Waals surface area contributed by atoms with E-state index in [-0.39, 0.29) is 17.8 Å². The van der Waals surface area contributed by atoms with Crippen molar-refractivity contribution in [2.45, 2.75) is 32.6 Å². The number of fused-ring (bicyclic) bond motifs is 1. The standard InChI is InChI=1S/C20H20N4O3S/c1-3-27-19(26)14-9-10-16-17(14)22-20(28-16)23-18(25)15-11-21-24(12(15)2)13-7-5-4-6-8-13/h4-8,11,14H,3,9-10H2,1-2H3,(H,22,23,25). The van der Waals surface area contributed by atoms with E-state index in [0.29, 0.717) is 23.7 Å². The van der Waals surface area contributed by atoms with Crippen LogP contribution in [0.15, 0.2) is 36.5 Å². The van der Waals surface area contributed by atoms with Crippen molar-refractivity contribution in [1.82, 2.24) is 14.8 Å². The highest BCUT2D eigenvalue weighted by molar-refractivity contribution is 7.16. The van der Waals surface area contributed by atoms with Gasteiger partial charge >= 0.3 is 5.97 Å². The van der Waals surface area contributed by atoms with E-state index in [4.69, 9.17) is 4.74 Å². The van der Waals surface area contributed by atoms with Crippen LogP contribution in [0.2, 0.25) is 0 Å². The first-order valence-electron chi connectivity index (χ1n) is 9.16. The van der Waals surface area contributed by atoms with Crippen molar-refractivity contribution in [1.29, 1.82) is 0 Å². The molecule has 0 fully saturated rings. The lowest BCUT2D eigenvalue weighted by Gasteiger charge is -2.08. The number of hydrogen-bond acceptors (Lipinski definition) is 6. The van der Waals surface area contributed by atoms with Crippen LogP contribution in [0.1, 0.15) is 45.9 Å². The second-order valence-electron chi connectivity index (χ2n) is 6.52. The number of benzene rings is 1. The molecule has 1 unspecified atom stereocenters. The first kappa shape index (κ1) is 18.4. The van der Waals surface area contributed by atoms with Crippen LogP contribution in [0.5, 0.6) is 0 Å². The Morgan fingerprint density at radius 3 is 2.86 bits per heavy atom. The molecule has 0 aliphatic heterocycles. The third kappa shape index (κ3) is 3.31. The van der Waals surface area contributed by atoms with Gasteiger partial charge in [-0.05, 0) is 38.8 Å². The Bertz CT molecular complexity index is 1030. The molecule has 0 bridgehead atoms. The van der Waals surface area contributed by atoms with Crippen LogP contribution in [0.25, 0.3) is 5.69 Å². The zero-order valence-corrected chi connectivity index (χ0v) is 16.5. The van der Waals surface area contributed by atoms with Crippen molar-refractivity contribution < 1.29 is 14.3 Å². The minimum absolute atomic E-state index is 0.246. The first-order chi connectivity index (χ1) is 13.6. The third-order valence-electron chi connectivity index (χ3n) is 4.76. The van der Waals surface area contributed by atoms with E-state index >= 15 is 0 Å². The summed E-state index contributed by atoms with van der Waals surface area (Å²) in [5.74, 6) is -0.844. The van der Waals surface area contributed by atoms with Crippen LogP contribution in [0, 0.1) is 6.92 Å². The van der Waals surface area contributed by atoms with Gasteiger partial charge in [-0.25, -0.2) is 9.67 Å². The number of esters is 1. The Kier molecular flexibility index (Phi) is 4.95. The number of para-hydroxylation sites is 1. The van der Waals surface area contributed by atoms with Gasteiger partial charge in [0.1, 0.15) is 5.92 Å². The van der Waals surface area contributed by atoms with E-state index in [1.165, 1.54) is 11.3 Å². The number of nitrogens with one attached hydrogen (secondary N) is 1. The summed E-state index contributed by atoms with van der Waals surface area (Å²) in [6.45, 7) is 4.00. The van der Waals surface area contributed by atoms with Gasteiger partial charge in [0.05, 0.1) is 35.4 Å². The number of carbonyl (C=O) groups is 2.